The summed E-state index contributed by atoms with van der Waals surface area (Å²) >= 11 is 6.38. The molecule has 0 atom stereocenters. The zero-order chi connectivity index (χ0) is 19.6. The van der Waals surface area contributed by atoms with Crippen LogP contribution >= 0.6 is 11.6 Å². The number of carbonyl (C=O) groups is 2. The Labute approximate surface area is 163 Å². The average molecular weight is 384 g/mol. The van der Waals surface area contributed by atoms with Crippen molar-refractivity contribution in [1.82, 2.24) is 4.40 Å². The number of carbonyl (C=O) groups excluding carboxylic acids is 2. The Hall–Kier alpha value is -2.59. The lowest BCUT2D eigenvalue weighted by Gasteiger charge is -2.09. The van der Waals surface area contributed by atoms with Gasteiger partial charge in [0.1, 0.15) is 0 Å². The molecule has 2 heterocycles. The maximum atomic E-state index is 12.4. The predicted octanol–water partition coefficient (Wildman–Crippen LogP) is 5.13. The molecule has 27 heavy (non-hydrogen) atoms. The fourth-order valence-corrected chi connectivity index (χ4v) is 3.74. The van der Waals surface area contributed by atoms with Crippen molar-refractivity contribution in [2.75, 3.05) is 7.11 Å². The van der Waals surface area contributed by atoms with Gasteiger partial charge in [0.25, 0.3) is 0 Å². The Morgan fingerprint density at radius 3 is 2.52 bits per heavy atom. The maximum absolute atomic E-state index is 12.4. The number of rotatable bonds is 6. The molecule has 1 aromatic carbocycles. The molecule has 5 heteroatoms. The molecule has 0 fully saturated rings. The molecule has 3 rings (SSSR count). The van der Waals surface area contributed by atoms with Crippen molar-refractivity contribution < 1.29 is 14.3 Å². The molecule has 0 aliphatic carbocycles. The van der Waals surface area contributed by atoms with E-state index in [9.17, 15) is 9.59 Å². The van der Waals surface area contributed by atoms with E-state index < -0.39 is 5.97 Å². The number of aromatic nitrogens is 1. The standard InChI is InChI=1S/C22H22ClNO3/c1-4-7-17-20(12-15-8-5-6-9-18(15)23)24-13-16(22(26)27-3)10-11-19(24)21(17)14(2)25/h5-6,8-11,13H,4,7,12H2,1-3H3. The van der Waals surface area contributed by atoms with Crippen LogP contribution in [-0.4, -0.2) is 23.3 Å². The predicted molar refractivity (Wildman–Crippen MR) is 107 cm³/mol. The molecule has 140 valence electrons. The lowest BCUT2D eigenvalue weighted by atomic mass is 9.98. The summed E-state index contributed by atoms with van der Waals surface area (Å²) in [6.45, 7) is 3.67. The fraction of sp³-hybridized carbons (Fsp3) is 0.273. The number of ether oxygens (including phenoxy) is 1. The Morgan fingerprint density at radius 1 is 1.15 bits per heavy atom. The monoisotopic (exact) mass is 383 g/mol. The molecule has 0 saturated carbocycles. The zero-order valence-corrected chi connectivity index (χ0v) is 16.5. The summed E-state index contributed by atoms with van der Waals surface area (Å²) in [7, 11) is 1.36. The van der Waals surface area contributed by atoms with Crippen LogP contribution in [0.2, 0.25) is 5.02 Å². The molecule has 4 nitrogen and oxygen atoms in total. The third-order valence-corrected chi connectivity index (χ3v) is 5.10. The number of benzene rings is 1. The maximum Gasteiger partial charge on any atom is 0.339 e. The van der Waals surface area contributed by atoms with Gasteiger partial charge >= 0.3 is 5.97 Å². The van der Waals surface area contributed by atoms with Crippen molar-refractivity contribution in [1.29, 1.82) is 0 Å². The lowest BCUT2D eigenvalue weighted by molar-refractivity contribution is 0.0600. The van der Waals surface area contributed by atoms with E-state index in [1.54, 1.807) is 19.2 Å². The number of esters is 1. The van der Waals surface area contributed by atoms with Crippen molar-refractivity contribution in [2.24, 2.45) is 0 Å². The number of Topliss-reactive ketones (excluding diaryl/α,β-unsaturated/α-hetero) is 1. The number of halogens is 1. The number of fused-ring (bicyclic) bond motifs is 1. The minimum Gasteiger partial charge on any atom is -0.465 e. The Bertz CT molecular complexity index is 1020. The second-order valence-electron chi connectivity index (χ2n) is 6.54. The van der Waals surface area contributed by atoms with Crippen LogP contribution in [0.1, 0.15) is 57.8 Å². The smallest absolute Gasteiger partial charge is 0.339 e. The van der Waals surface area contributed by atoms with Crippen molar-refractivity contribution in [2.45, 2.75) is 33.1 Å². The second-order valence-corrected chi connectivity index (χ2v) is 6.95. The van der Waals surface area contributed by atoms with Crippen LogP contribution in [0.5, 0.6) is 0 Å². The molecule has 0 amide bonds. The second kappa shape index (κ2) is 7.97. The summed E-state index contributed by atoms with van der Waals surface area (Å²) in [5.74, 6) is -0.386. The van der Waals surface area contributed by atoms with Crippen LogP contribution in [-0.2, 0) is 17.6 Å². The quantitative estimate of drug-likeness (QED) is 0.438. The molecule has 0 aliphatic rings. The molecule has 0 saturated heterocycles. The first-order valence-corrected chi connectivity index (χ1v) is 9.34. The van der Waals surface area contributed by atoms with Crippen molar-refractivity contribution in [3.63, 3.8) is 0 Å². The zero-order valence-electron chi connectivity index (χ0n) is 15.7. The first kappa shape index (κ1) is 19.2. The Kier molecular flexibility index (Phi) is 5.66. The highest BCUT2D eigenvalue weighted by atomic mass is 35.5. The van der Waals surface area contributed by atoms with E-state index in [0.717, 1.165) is 40.7 Å². The number of nitrogens with zero attached hydrogens (tertiary/aromatic N) is 1. The van der Waals surface area contributed by atoms with E-state index in [4.69, 9.17) is 16.3 Å². The molecule has 0 unspecified atom stereocenters. The summed E-state index contributed by atoms with van der Waals surface area (Å²) < 4.78 is 6.80. The van der Waals surface area contributed by atoms with E-state index in [1.807, 2.05) is 34.7 Å². The molecule has 0 bridgehead atoms. The van der Waals surface area contributed by atoms with Crippen molar-refractivity contribution in [3.05, 3.63) is 75.6 Å². The van der Waals surface area contributed by atoms with Gasteiger partial charge in [0, 0.05) is 28.9 Å². The number of pyridine rings is 1. The van der Waals surface area contributed by atoms with E-state index in [1.165, 1.54) is 7.11 Å². The number of hydrogen-bond donors (Lipinski definition) is 0. The lowest BCUT2D eigenvalue weighted by Crippen LogP contribution is -2.05. The van der Waals surface area contributed by atoms with Gasteiger partial charge in [-0.15, -0.1) is 0 Å². The van der Waals surface area contributed by atoms with E-state index in [2.05, 4.69) is 6.92 Å². The van der Waals surface area contributed by atoms with Gasteiger partial charge in [-0.2, -0.15) is 0 Å². The molecule has 3 aromatic rings. The van der Waals surface area contributed by atoms with E-state index in [-0.39, 0.29) is 5.78 Å². The average Bonchev–Trinajstić information content (AvgIpc) is 2.96. The first-order valence-electron chi connectivity index (χ1n) is 8.96. The van der Waals surface area contributed by atoms with Crippen LogP contribution < -0.4 is 0 Å². The third-order valence-electron chi connectivity index (χ3n) is 4.73. The van der Waals surface area contributed by atoms with Crippen LogP contribution in [0, 0.1) is 0 Å². The van der Waals surface area contributed by atoms with E-state index >= 15 is 0 Å². The number of methoxy groups -OCH3 is 1. The SMILES string of the molecule is CCCc1c(C(C)=O)c2ccc(C(=O)OC)cn2c1Cc1ccccc1Cl. The van der Waals surface area contributed by atoms with Gasteiger partial charge in [-0.05, 0) is 42.7 Å². The van der Waals surface area contributed by atoms with Gasteiger partial charge in [-0.3, -0.25) is 4.79 Å². The molecule has 0 radical (unpaired) electrons. The highest BCUT2D eigenvalue weighted by molar-refractivity contribution is 6.31. The van der Waals surface area contributed by atoms with Crippen LogP contribution in [0.15, 0.2) is 42.6 Å². The minimum atomic E-state index is -0.407. The number of ketones is 1. The highest BCUT2D eigenvalue weighted by Gasteiger charge is 2.22. The first-order chi connectivity index (χ1) is 13.0. The van der Waals surface area contributed by atoms with Gasteiger partial charge in [-0.1, -0.05) is 43.1 Å². The topological polar surface area (TPSA) is 47.8 Å². The normalized spacial score (nSPS) is 11.0. The van der Waals surface area contributed by atoms with Crippen LogP contribution in [0.3, 0.4) is 0 Å². The molecule has 0 spiro atoms. The Morgan fingerprint density at radius 2 is 1.89 bits per heavy atom. The summed E-state index contributed by atoms with van der Waals surface area (Å²) in [6.07, 6.45) is 4.02. The summed E-state index contributed by atoms with van der Waals surface area (Å²) in [6, 6.07) is 11.2. The number of hydrogen-bond acceptors (Lipinski definition) is 3. The molecular formula is C22H22ClNO3. The summed E-state index contributed by atoms with van der Waals surface area (Å²) in [5.41, 5.74) is 4.95. The molecule has 0 N–H and O–H groups in total. The minimum absolute atomic E-state index is 0.0205. The van der Waals surface area contributed by atoms with Gasteiger partial charge < -0.3 is 9.14 Å². The van der Waals surface area contributed by atoms with Gasteiger partial charge in [-0.25, -0.2) is 4.79 Å². The van der Waals surface area contributed by atoms with Crippen molar-refractivity contribution >= 4 is 28.9 Å². The van der Waals surface area contributed by atoms with Gasteiger partial charge in [0.15, 0.2) is 5.78 Å². The summed E-state index contributed by atoms with van der Waals surface area (Å²) in [5, 5.41) is 0.684. The Balaban J connectivity index is 2.29. The van der Waals surface area contributed by atoms with Crippen LogP contribution in [0.25, 0.3) is 5.52 Å². The van der Waals surface area contributed by atoms with Crippen LogP contribution in [0.4, 0.5) is 0 Å². The molecular weight excluding hydrogens is 362 g/mol. The van der Waals surface area contributed by atoms with Gasteiger partial charge in [0.05, 0.1) is 18.2 Å². The largest absolute Gasteiger partial charge is 0.465 e. The summed E-state index contributed by atoms with van der Waals surface area (Å²) in [4.78, 5) is 24.4. The molecule has 2 aromatic heterocycles. The fourth-order valence-electron chi connectivity index (χ4n) is 3.54. The molecule has 0 aliphatic heterocycles. The van der Waals surface area contributed by atoms with Crippen molar-refractivity contribution in [3.8, 4) is 0 Å². The highest BCUT2D eigenvalue weighted by Crippen LogP contribution is 2.30. The van der Waals surface area contributed by atoms with Gasteiger partial charge in [0.2, 0.25) is 0 Å². The van der Waals surface area contributed by atoms with E-state index in [0.29, 0.717) is 17.0 Å². The third kappa shape index (κ3) is 3.62.